The first-order valence-electron chi connectivity index (χ1n) is 7.83. The van der Waals surface area contributed by atoms with Gasteiger partial charge in [0.15, 0.2) is 0 Å². The second-order valence-corrected chi connectivity index (χ2v) is 6.52. The number of rotatable bonds is 6. The molecular weight excluding hydrogens is 265 g/mol. The van der Waals surface area contributed by atoms with Crippen molar-refractivity contribution < 1.29 is 4.39 Å². The zero-order chi connectivity index (χ0) is 15.4. The fourth-order valence-electron chi connectivity index (χ4n) is 3.21. The van der Waals surface area contributed by atoms with Crippen LogP contribution in [-0.2, 0) is 6.54 Å². The fourth-order valence-corrected chi connectivity index (χ4v) is 3.21. The van der Waals surface area contributed by atoms with Gasteiger partial charge in [-0.05, 0) is 42.5 Å². The largest absolute Gasteiger partial charge is 0.384 e. The van der Waals surface area contributed by atoms with E-state index in [-0.39, 0.29) is 11.7 Å². The predicted octanol–water partition coefficient (Wildman–Crippen LogP) is 3.51. The molecule has 1 fully saturated rings. The molecule has 0 unspecified atom stereocenters. The second-order valence-electron chi connectivity index (χ2n) is 6.52. The molecule has 0 amide bonds. The highest BCUT2D eigenvalue weighted by molar-refractivity contribution is 5.95. The van der Waals surface area contributed by atoms with Crippen LogP contribution in [-0.4, -0.2) is 23.3 Å². The summed E-state index contributed by atoms with van der Waals surface area (Å²) in [5, 5.41) is 7.49. The normalized spacial score (nSPS) is 16.0. The van der Waals surface area contributed by atoms with Gasteiger partial charge >= 0.3 is 0 Å². The molecule has 1 aromatic carbocycles. The van der Waals surface area contributed by atoms with E-state index in [0.29, 0.717) is 17.5 Å². The van der Waals surface area contributed by atoms with Crippen LogP contribution in [0.5, 0.6) is 0 Å². The number of nitrogen functional groups attached to an aromatic ring is 1. The van der Waals surface area contributed by atoms with Gasteiger partial charge in [-0.3, -0.25) is 10.3 Å². The molecule has 116 valence electrons. The third-order valence-electron chi connectivity index (χ3n) is 4.09. The van der Waals surface area contributed by atoms with Crippen LogP contribution in [0.2, 0.25) is 0 Å². The smallest absolute Gasteiger partial charge is 0.124 e. The van der Waals surface area contributed by atoms with Crippen LogP contribution in [0.4, 0.5) is 4.39 Å². The van der Waals surface area contributed by atoms with Crippen molar-refractivity contribution in [1.82, 2.24) is 4.90 Å². The van der Waals surface area contributed by atoms with E-state index in [1.807, 2.05) is 6.07 Å². The van der Waals surface area contributed by atoms with E-state index < -0.39 is 0 Å². The Morgan fingerprint density at radius 3 is 2.57 bits per heavy atom. The van der Waals surface area contributed by atoms with E-state index in [9.17, 15) is 4.39 Å². The summed E-state index contributed by atoms with van der Waals surface area (Å²) in [7, 11) is 0. The Morgan fingerprint density at radius 2 is 2.00 bits per heavy atom. The summed E-state index contributed by atoms with van der Waals surface area (Å²) >= 11 is 0. The van der Waals surface area contributed by atoms with Crippen molar-refractivity contribution in [2.75, 3.05) is 6.54 Å². The third-order valence-corrected chi connectivity index (χ3v) is 4.09. The van der Waals surface area contributed by atoms with Crippen molar-refractivity contribution in [2.24, 2.45) is 11.7 Å². The Bertz CT molecular complexity index is 493. The summed E-state index contributed by atoms with van der Waals surface area (Å²) in [5.41, 5.74) is 6.87. The number of nitrogens with zero attached hydrogens (tertiary/aromatic N) is 1. The van der Waals surface area contributed by atoms with Crippen molar-refractivity contribution in [3.8, 4) is 0 Å². The lowest BCUT2D eigenvalue weighted by Gasteiger charge is -2.30. The first-order valence-corrected chi connectivity index (χ1v) is 7.83. The van der Waals surface area contributed by atoms with Gasteiger partial charge in [0.25, 0.3) is 0 Å². The van der Waals surface area contributed by atoms with Gasteiger partial charge in [-0.25, -0.2) is 4.39 Å². The topological polar surface area (TPSA) is 53.1 Å². The molecule has 0 aliphatic heterocycles. The molecule has 0 heterocycles. The SMILES string of the molecule is CC(C)CN(Cc1cc(F)cc(C(=N)N)c1)C1CCCC1. The lowest BCUT2D eigenvalue weighted by atomic mass is 10.1. The molecular formula is C17H26FN3. The second kappa shape index (κ2) is 7.03. The molecule has 1 aliphatic rings. The predicted molar refractivity (Wildman–Crippen MR) is 84.9 cm³/mol. The maximum Gasteiger partial charge on any atom is 0.124 e. The standard InChI is InChI=1S/C17H26FN3/c1-12(2)10-21(16-5-3-4-6-16)11-13-7-14(17(19)20)9-15(18)8-13/h7-9,12,16H,3-6,10-11H2,1-2H3,(H3,19,20). The van der Waals surface area contributed by atoms with E-state index in [1.165, 1.54) is 31.7 Å². The van der Waals surface area contributed by atoms with Crippen molar-refractivity contribution >= 4 is 5.84 Å². The Kier molecular flexibility index (Phi) is 5.34. The minimum atomic E-state index is -0.311. The molecule has 1 saturated carbocycles. The van der Waals surface area contributed by atoms with Crippen LogP contribution in [0.15, 0.2) is 18.2 Å². The Hall–Kier alpha value is -1.42. The number of benzene rings is 1. The first kappa shape index (κ1) is 16.0. The molecule has 1 aromatic rings. The van der Waals surface area contributed by atoms with Crippen molar-refractivity contribution in [2.45, 2.75) is 52.1 Å². The molecule has 1 aliphatic carbocycles. The van der Waals surface area contributed by atoms with Crippen LogP contribution < -0.4 is 5.73 Å². The average molecular weight is 291 g/mol. The quantitative estimate of drug-likeness (QED) is 0.622. The molecule has 0 bridgehead atoms. The number of amidine groups is 1. The molecule has 0 aromatic heterocycles. The van der Waals surface area contributed by atoms with E-state index in [0.717, 1.165) is 18.7 Å². The van der Waals surface area contributed by atoms with E-state index in [1.54, 1.807) is 6.07 Å². The van der Waals surface area contributed by atoms with Gasteiger partial charge in [0, 0.05) is 24.7 Å². The first-order chi connectivity index (χ1) is 9.95. The van der Waals surface area contributed by atoms with Gasteiger partial charge in [0.1, 0.15) is 11.7 Å². The van der Waals surface area contributed by atoms with Crippen LogP contribution >= 0.6 is 0 Å². The number of halogens is 1. The summed E-state index contributed by atoms with van der Waals surface area (Å²) in [4.78, 5) is 2.47. The van der Waals surface area contributed by atoms with Gasteiger partial charge in [-0.2, -0.15) is 0 Å². The number of nitrogens with two attached hydrogens (primary N) is 1. The van der Waals surface area contributed by atoms with Crippen LogP contribution in [0.3, 0.4) is 0 Å². The van der Waals surface area contributed by atoms with Gasteiger partial charge in [-0.1, -0.05) is 26.7 Å². The summed E-state index contributed by atoms with van der Waals surface area (Å²) in [5.74, 6) is 0.201. The lowest BCUT2D eigenvalue weighted by molar-refractivity contribution is 0.168. The minimum Gasteiger partial charge on any atom is -0.384 e. The van der Waals surface area contributed by atoms with Crippen molar-refractivity contribution in [1.29, 1.82) is 5.41 Å². The molecule has 0 atom stereocenters. The average Bonchev–Trinajstić information content (AvgIpc) is 2.90. The molecule has 2 rings (SSSR count). The Balaban J connectivity index is 2.17. The number of nitrogens with one attached hydrogen (secondary N) is 1. The van der Waals surface area contributed by atoms with Gasteiger partial charge in [-0.15, -0.1) is 0 Å². The van der Waals surface area contributed by atoms with Crippen LogP contribution in [0.25, 0.3) is 0 Å². The lowest BCUT2D eigenvalue weighted by Crippen LogP contribution is -2.35. The molecule has 0 saturated heterocycles. The highest BCUT2D eigenvalue weighted by atomic mass is 19.1. The van der Waals surface area contributed by atoms with E-state index >= 15 is 0 Å². The highest BCUT2D eigenvalue weighted by Crippen LogP contribution is 2.26. The maximum atomic E-state index is 13.7. The monoisotopic (exact) mass is 291 g/mol. The number of hydrogen-bond acceptors (Lipinski definition) is 2. The summed E-state index contributed by atoms with van der Waals surface area (Å²) in [6.45, 7) is 6.19. The molecule has 21 heavy (non-hydrogen) atoms. The fraction of sp³-hybridized carbons (Fsp3) is 0.588. The van der Waals surface area contributed by atoms with Gasteiger partial charge in [0.05, 0.1) is 0 Å². The zero-order valence-corrected chi connectivity index (χ0v) is 13.0. The molecule has 4 heteroatoms. The molecule has 3 nitrogen and oxygen atoms in total. The van der Waals surface area contributed by atoms with E-state index in [4.69, 9.17) is 11.1 Å². The number of hydrogen-bond donors (Lipinski definition) is 2. The maximum absolute atomic E-state index is 13.7. The van der Waals surface area contributed by atoms with Gasteiger partial charge < -0.3 is 5.73 Å². The van der Waals surface area contributed by atoms with Crippen molar-refractivity contribution in [3.63, 3.8) is 0 Å². The molecule has 0 spiro atoms. The van der Waals surface area contributed by atoms with Crippen molar-refractivity contribution in [3.05, 3.63) is 35.1 Å². The third kappa shape index (κ3) is 4.53. The van der Waals surface area contributed by atoms with Crippen LogP contribution in [0, 0.1) is 17.1 Å². The Morgan fingerprint density at radius 1 is 1.33 bits per heavy atom. The molecule has 3 N–H and O–H groups in total. The molecule has 0 radical (unpaired) electrons. The minimum absolute atomic E-state index is 0.0768. The summed E-state index contributed by atoms with van der Waals surface area (Å²) in [6.07, 6.45) is 5.06. The highest BCUT2D eigenvalue weighted by Gasteiger charge is 2.23. The Labute approximate surface area is 126 Å². The zero-order valence-electron chi connectivity index (χ0n) is 13.0. The summed E-state index contributed by atoms with van der Waals surface area (Å²) in [6, 6.07) is 5.34. The van der Waals surface area contributed by atoms with E-state index in [2.05, 4.69) is 18.7 Å². The van der Waals surface area contributed by atoms with Crippen LogP contribution in [0.1, 0.15) is 50.7 Å². The van der Waals surface area contributed by atoms with Gasteiger partial charge in [0.2, 0.25) is 0 Å². The summed E-state index contributed by atoms with van der Waals surface area (Å²) < 4.78 is 13.7.